The van der Waals surface area contributed by atoms with E-state index in [1.807, 2.05) is 0 Å². The fourth-order valence-electron chi connectivity index (χ4n) is 0.928. The number of nitrogen functional groups attached to an aromatic ring is 1. The van der Waals surface area contributed by atoms with E-state index in [0.29, 0.717) is 5.56 Å². The highest BCUT2D eigenvalue weighted by atomic mass is 79.9. The lowest BCUT2D eigenvalue weighted by Gasteiger charge is -2.09. The second-order valence-corrected chi connectivity index (χ2v) is 3.16. The SMILES string of the molecule is NCc1cnc(Br)c(C(F)F)c1N. The van der Waals surface area contributed by atoms with Crippen LogP contribution in [0.15, 0.2) is 10.8 Å². The lowest BCUT2D eigenvalue weighted by molar-refractivity contribution is 0.151. The van der Waals surface area contributed by atoms with Gasteiger partial charge in [0.05, 0.1) is 5.56 Å². The highest BCUT2D eigenvalue weighted by molar-refractivity contribution is 9.10. The maximum Gasteiger partial charge on any atom is 0.268 e. The Labute approximate surface area is 82.3 Å². The summed E-state index contributed by atoms with van der Waals surface area (Å²) in [7, 11) is 0. The molecule has 0 saturated carbocycles. The van der Waals surface area contributed by atoms with Crippen molar-refractivity contribution >= 4 is 21.6 Å². The smallest absolute Gasteiger partial charge is 0.268 e. The van der Waals surface area contributed by atoms with Gasteiger partial charge in [-0.2, -0.15) is 0 Å². The minimum atomic E-state index is -2.65. The Kier molecular flexibility index (Phi) is 3.16. The van der Waals surface area contributed by atoms with Gasteiger partial charge in [-0.15, -0.1) is 0 Å². The van der Waals surface area contributed by atoms with Crippen molar-refractivity contribution < 1.29 is 8.78 Å². The molecule has 0 aliphatic rings. The number of alkyl halides is 2. The molecule has 13 heavy (non-hydrogen) atoms. The average molecular weight is 252 g/mol. The van der Waals surface area contributed by atoms with Crippen molar-refractivity contribution in [1.82, 2.24) is 4.98 Å². The van der Waals surface area contributed by atoms with Gasteiger partial charge in [-0.05, 0) is 15.9 Å². The number of halogens is 3. The Hall–Kier alpha value is -0.750. The predicted molar refractivity (Wildman–Crippen MR) is 49.2 cm³/mol. The van der Waals surface area contributed by atoms with E-state index in [9.17, 15) is 8.78 Å². The number of rotatable bonds is 2. The van der Waals surface area contributed by atoms with Crippen LogP contribution >= 0.6 is 15.9 Å². The zero-order valence-electron chi connectivity index (χ0n) is 6.60. The largest absolute Gasteiger partial charge is 0.398 e. The molecule has 0 radical (unpaired) electrons. The molecule has 0 spiro atoms. The third kappa shape index (κ3) is 1.94. The van der Waals surface area contributed by atoms with Gasteiger partial charge in [0.2, 0.25) is 0 Å². The molecule has 1 aromatic heterocycles. The van der Waals surface area contributed by atoms with E-state index in [-0.39, 0.29) is 22.4 Å². The Balaban J connectivity index is 3.30. The molecule has 0 saturated heterocycles. The van der Waals surface area contributed by atoms with Crippen LogP contribution in [0.2, 0.25) is 0 Å². The normalized spacial score (nSPS) is 10.8. The van der Waals surface area contributed by atoms with E-state index in [0.717, 1.165) is 0 Å². The molecule has 6 heteroatoms. The number of nitrogens with zero attached hydrogens (tertiary/aromatic N) is 1. The van der Waals surface area contributed by atoms with Crippen LogP contribution in [-0.2, 0) is 6.54 Å². The minimum Gasteiger partial charge on any atom is -0.398 e. The van der Waals surface area contributed by atoms with Gasteiger partial charge < -0.3 is 11.5 Å². The first-order valence-corrected chi connectivity index (χ1v) is 4.28. The van der Waals surface area contributed by atoms with Crippen molar-refractivity contribution in [3.8, 4) is 0 Å². The summed E-state index contributed by atoms with van der Waals surface area (Å²) in [6.07, 6.45) is -1.26. The Morgan fingerprint density at radius 1 is 1.54 bits per heavy atom. The molecular weight excluding hydrogens is 244 g/mol. The van der Waals surface area contributed by atoms with Crippen LogP contribution in [0.5, 0.6) is 0 Å². The van der Waals surface area contributed by atoms with Crippen molar-refractivity contribution in [2.45, 2.75) is 13.0 Å². The number of nitrogens with two attached hydrogens (primary N) is 2. The minimum absolute atomic E-state index is 0.0133. The zero-order chi connectivity index (χ0) is 10.0. The quantitative estimate of drug-likeness (QED) is 0.789. The molecule has 4 N–H and O–H groups in total. The Morgan fingerprint density at radius 2 is 2.15 bits per heavy atom. The van der Waals surface area contributed by atoms with Crippen LogP contribution in [0.25, 0.3) is 0 Å². The molecule has 1 heterocycles. The highest BCUT2D eigenvalue weighted by Gasteiger charge is 2.18. The molecule has 0 amide bonds. The molecular formula is C7H8BrF2N3. The predicted octanol–water partition coefficient (Wildman–Crippen LogP) is 1.82. The molecule has 0 bridgehead atoms. The van der Waals surface area contributed by atoms with Gasteiger partial charge in [-0.25, -0.2) is 13.8 Å². The molecule has 0 aliphatic heterocycles. The molecule has 0 fully saturated rings. The van der Waals surface area contributed by atoms with Crippen molar-refractivity contribution in [2.24, 2.45) is 5.73 Å². The lowest BCUT2D eigenvalue weighted by atomic mass is 10.1. The van der Waals surface area contributed by atoms with E-state index in [1.165, 1.54) is 6.20 Å². The third-order valence-corrected chi connectivity index (χ3v) is 2.26. The topological polar surface area (TPSA) is 64.9 Å². The molecule has 0 atom stereocenters. The Bertz CT molecular complexity index is 317. The summed E-state index contributed by atoms with van der Waals surface area (Å²) >= 11 is 2.90. The summed E-state index contributed by atoms with van der Waals surface area (Å²) in [6, 6.07) is 0. The maximum atomic E-state index is 12.4. The average Bonchev–Trinajstić information content (AvgIpc) is 2.04. The van der Waals surface area contributed by atoms with Crippen molar-refractivity contribution in [2.75, 3.05) is 5.73 Å². The van der Waals surface area contributed by atoms with E-state index < -0.39 is 6.43 Å². The summed E-state index contributed by atoms with van der Waals surface area (Å²) in [5.74, 6) is 0. The fraction of sp³-hybridized carbons (Fsp3) is 0.286. The number of hydrogen-bond donors (Lipinski definition) is 2. The summed E-state index contributed by atoms with van der Waals surface area (Å²) in [5, 5.41) is 0. The van der Waals surface area contributed by atoms with E-state index in [1.54, 1.807) is 0 Å². The second kappa shape index (κ2) is 3.97. The molecule has 1 aromatic rings. The number of pyridine rings is 1. The first-order valence-electron chi connectivity index (χ1n) is 3.49. The summed E-state index contributed by atoms with van der Waals surface area (Å²) in [5.41, 5.74) is 10.9. The van der Waals surface area contributed by atoms with Gasteiger partial charge in [0.1, 0.15) is 4.60 Å². The first-order chi connectivity index (χ1) is 6.07. The van der Waals surface area contributed by atoms with Crippen LogP contribution in [0.1, 0.15) is 17.6 Å². The van der Waals surface area contributed by atoms with Crippen LogP contribution in [0, 0.1) is 0 Å². The van der Waals surface area contributed by atoms with Gasteiger partial charge in [0, 0.05) is 24.0 Å². The summed E-state index contributed by atoms with van der Waals surface area (Å²) in [6.45, 7) is 0.103. The van der Waals surface area contributed by atoms with Gasteiger partial charge >= 0.3 is 0 Å². The maximum absolute atomic E-state index is 12.4. The lowest BCUT2D eigenvalue weighted by Crippen LogP contribution is -2.07. The van der Waals surface area contributed by atoms with E-state index >= 15 is 0 Å². The van der Waals surface area contributed by atoms with Crippen molar-refractivity contribution in [3.63, 3.8) is 0 Å². The number of anilines is 1. The molecule has 1 rings (SSSR count). The highest BCUT2D eigenvalue weighted by Crippen LogP contribution is 2.32. The first kappa shape index (κ1) is 10.3. The van der Waals surface area contributed by atoms with Crippen molar-refractivity contribution in [1.29, 1.82) is 0 Å². The van der Waals surface area contributed by atoms with Gasteiger partial charge in [0.25, 0.3) is 6.43 Å². The number of hydrogen-bond acceptors (Lipinski definition) is 3. The van der Waals surface area contributed by atoms with Crippen LogP contribution < -0.4 is 11.5 Å². The molecule has 72 valence electrons. The van der Waals surface area contributed by atoms with Crippen LogP contribution in [0.4, 0.5) is 14.5 Å². The molecule has 0 aliphatic carbocycles. The monoisotopic (exact) mass is 251 g/mol. The zero-order valence-corrected chi connectivity index (χ0v) is 8.18. The summed E-state index contributed by atoms with van der Waals surface area (Å²) in [4.78, 5) is 3.71. The second-order valence-electron chi connectivity index (χ2n) is 2.41. The van der Waals surface area contributed by atoms with Crippen LogP contribution in [0.3, 0.4) is 0 Å². The third-order valence-electron chi connectivity index (χ3n) is 1.63. The Morgan fingerprint density at radius 3 is 2.62 bits per heavy atom. The fourth-order valence-corrected chi connectivity index (χ4v) is 1.42. The van der Waals surface area contributed by atoms with E-state index in [2.05, 4.69) is 20.9 Å². The molecule has 0 aromatic carbocycles. The van der Waals surface area contributed by atoms with E-state index in [4.69, 9.17) is 11.5 Å². The standard InChI is InChI=1S/C7H8BrF2N3/c8-6-4(7(9)10)5(12)3(1-11)2-13-6/h2,7H,1,11H2,(H2,12,13). The van der Waals surface area contributed by atoms with Crippen LogP contribution in [-0.4, -0.2) is 4.98 Å². The number of aromatic nitrogens is 1. The summed E-state index contributed by atoms with van der Waals surface area (Å²) < 4.78 is 24.9. The molecule has 0 unspecified atom stereocenters. The van der Waals surface area contributed by atoms with Crippen molar-refractivity contribution in [3.05, 3.63) is 21.9 Å². The van der Waals surface area contributed by atoms with Gasteiger partial charge in [0.15, 0.2) is 0 Å². The van der Waals surface area contributed by atoms with Gasteiger partial charge in [-0.3, -0.25) is 0 Å². The molecule has 3 nitrogen and oxygen atoms in total. The van der Waals surface area contributed by atoms with Gasteiger partial charge in [-0.1, -0.05) is 0 Å².